The zero-order chi connectivity index (χ0) is 12.0. The number of anilines is 1. The lowest BCUT2D eigenvalue weighted by molar-refractivity contribution is -0.134. The second kappa shape index (κ2) is 6.18. The van der Waals surface area contributed by atoms with Crippen LogP contribution in [0.3, 0.4) is 0 Å². The molecule has 0 spiro atoms. The van der Waals surface area contributed by atoms with Crippen molar-refractivity contribution in [3.05, 3.63) is 41.1 Å². The molecule has 3 nitrogen and oxygen atoms in total. The highest BCUT2D eigenvalue weighted by atomic mass is 35.5. The highest BCUT2D eigenvalue weighted by Crippen LogP contribution is 2.16. The fourth-order valence-corrected chi connectivity index (χ4v) is 1.27. The number of hydrogen-bond acceptors (Lipinski definition) is 3. The Morgan fingerprint density at radius 1 is 1.44 bits per heavy atom. The fourth-order valence-electron chi connectivity index (χ4n) is 1.15. The summed E-state index contributed by atoms with van der Waals surface area (Å²) in [5, 5.41) is 3.80. The van der Waals surface area contributed by atoms with E-state index >= 15 is 0 Å². The highest BCUT2D eigenvalue weighted by molar-refractivity contribution is 6.30. The lowest BCUT2D eigenvalue weighted by Crippen LogP contribution is -2.03. The van der Waals surface area contributed by atoms with Gasteiger partial charge in [-0.25, -0.2) is 4.79 Å². The molecule has 86 valence electrons. The van der Waals surface area contributed by atoms with E-state index in [1.165, 1.54) is 13.2 Å². The molecule has 0 aromatic heterocycles. The van der Waals surface area contributed by atoms with Gasteiger partial charge in [0.1, 0.15) is 0 Å². The molecule has 0 saturated heterocycles. The van der Waals surface area contributed by atoms with Crippen LogP contribution >= 0.6 is 11.6 Å². The first-order valence-electron chi connectivity index (χ1n) is 4.96. The van der Waals surface area contributed by atoms with Crippen LogP contribution in [0.25, 0.3) is 0 Å². The Bertz CT molecular complexity index is 385. The third-order valence-electron chi connectivity index (χ3n) is 2.02. The van der Waals surface area contributed by atoms with E-state index in [9.17, 15) is 4.79 Å². The molecule has 1 rings (SSSR count). The Hall–Kier alpha value is -1.48. The van der Waals surface area contributed by atoms with Crippen LogP contribution in [0.5, 0.6) is 0 Å². The first-order valence-corrected chi connectivity index (χ1v) is 5.34. The van der Waals surface area contributed by atoms with Gasteiger partial charge in [0.15, 0.2) is 0 Å². The molecule has 0 aliphatic carbocycles. The summed E-state index contributed by atoms with van der Waals surface area (Å²) >= 11 is 5.77. The van der Waals surface area contributed by atoms with Crippen molar-refractivity contribution >= 4 is 23.3 Å². The zero-order valence-corrected chi connectivity index (χ0v) is 10.0. The van der Waals surface area contributed by atoms with E-state index in [4.69, 9.17) is 11.6 Å². The van der Waals surface area contributed by atoms with Gasteiger partial charge in [-0.2, -0.15) is 0 Å². The summed E-state index contributed by atoms with van der Waals surface area (Å²) in [6.45, 7) is 1.96. The van der Waals surface area contributed by atoms with E-state index in [0.29, 0.717) is 5.02 Å². The number of hydrogen-bond donors (Lipinski definition) is 1. The van der Waals surface area contributed by atoms with E-state index in [1.54, 1.807) is 12.1 Å². The Morgan fingerprint density at radius 3 is 2.56 bits per heavy atom. The Balaban J connectivity index is 2.74. The van der Waals surface area contributed by atoms with Gasteiger partial charge < -0.3 is 10.1 Å². The molecule has 0 fully saturated rings. The first kappa shape index (κ1) is 12.6. The van der Waals surface area contributed by atoms with Crippen molar-refractivity contribution in [3.63, 3.8) is 0 Å². The largest absolute Gasteiger partial charge is 0.466 e. The first-order chi connectivity index (χ1) is 7.65. The average molecular weight is 240 g/mol. The molecule has 0 heterocycles. The Morgan fingerprint density at radius 2 is 2.06 bits per heavy atom. The number of allylic oxidation sites excluding steroid dienone is 1. The molecule has 0 amide bonds. The third-order valence-corrected chi connectivity index (χ3v) is 2.28. The third kappa shape index (κ3) is 3.95. The van der Waals surface area contributed by atoms with E-state index in [2.05, 4.69) is 10.1 Å². The van der Waals surface area contributed by atoms with Crippen LogP contribution in [0, 0.1) is 0 Å². The van der Waals surface area contributed by atoms with Crippen LogP contribution in [-0.2, 0) is 9.53 Å². The van der Waals surface area contributed by atoms with Gasteiger partial charge in [0, 0.05) is 22.5 Å². The van der Waals surface area contributed by atoms with Crippen molar-refractivity contribution < 1.29 is 9.53 Å². The molecular weight excluding hydrogens is 226 g/mol. The van der Waals surface area contributed by atoms with Gasteiger partial charge in [-0.1, -0.05) is 18.5 Å². The molecule has 0 aliphatic heterocycles. The number of rotatable bonds is 4. The van der Waals surface area contributed by atoms with Gasteiger partial charge >= 0.3 is 5.97 Å². The van der Waals surface area contributed by atoms with Crippen molar-refractivity contribution in [3.8, 4) is 0 Å². The molecule has 0 atom stereocenters. The topological polar surface area (TPSA) is 38.3 Å². The lowest BCUT2D eigenvalue weighted by Gasteiger charge is -2.08. The number of carbonyl (C=O) groups is 1. The minimum Gasteiger partial charge on any atom is -0.466 e. The summed E-state index contributed by atoms with van der Waals surface area (Å²) in [5.41, 5.74) is 1.69. The Kier molecular flexibility index (Phi) is 4.86. The van der Waals surface area contributed by atoms with Crippen LogP contribution in [-0.4, -0.2) is 13.1 Å². The van der Waals surface area contributed by atoms with Crippen LogP contribution in [0.15, 0.2) is 36.0 Å². The van der Waals surface area contributed by atoms with E-state index in [1.807, 2.05) is 19.1 Å². The summed E-state index contributed by atoms with van der Waals surface area (Å²) in [7, 11) is 1.36. The number of esters is 1. The van der Waals surface area contributed by atoms with Crippen LogP contribution < -0.4 is 5.32 Å². The van der Waals surface area contributed by atoms with Crippen molar-refractivity contribution in [2.24, 2.45) is 0 Å². The quantitative estimate of drug-likeness (QED) is 0.648. The van der Waals surface area contributed by atoms with Gasteiger partial charge in [0.2, 0.25) is 0 Å². The molecule has 0 saturated carbocycles. The molecule has 1 N–H and O–H groups in total. The maximum Gasteiger partial charge on any atom is 0.332 e. The number of methoxy groups -OCH3 is 1. The summed E-state index contributed by atoms with van der Waals surface area (Å²) in [6, 6.07) is 7.27. The molecule has 0 aliphatic rings. The van der Waals surface area contributed by atoms with Crippen LogP contribution in [0.4, 0.5) is 5.69 Å². The Labute approximate surface area is 100 Å². The molecule has 1 aromatic carbocycles. The minimum absolute atomic E-state index is 0.363. The lowest BCUT2D eigenvalue weighted by atomic mass is 10.2. The standard InChI is InChI=1S/C12H14ClNO2/c1-3-10(8-12(15)16-2)14-11-6-4-9(13)5-7-11/h4-8,14H,3H2,1-2H3/b10-8+. The maximum atomic E-state index is 11.1. The van der Waals surface area contributed by atoms with Crippen LogP contribution in [0.2, 0.25) is 5.02 Å². The van der Waals surface area contributed by atoms with Gasteiger partial charge in [0.05, 0.1) is 7.11 Å². The number of ether oxygens (including phenoxy) is 1. The zero-order valence-electron chi connectivity index (χ0n) is 9.29. The fraction of sp³-hybridized carbons (Fsp3) is 0.250. The van der Waals surface area contributed by atoms with Gasteiger partial charge in [0.25, 0.3) is 0 Å². The maximum absolute atomic E-state index is 11.1. The van der Waals surface area contributed by atoms with Crippen molar-refractivity contribution in [2.75, 3.05) is 12.4 Å². The minimum atomic E-state index is -0.363. The second-order valence-corrected chi connectivity index (χ2v) is 3.61. The predicted molar refractivity (Wildman–Crippen MR) is 65.5 cm³/mol. The van der Waals surface area contributed by atoms with E-state index in [0.717, 1.165) is 17.8 Å². The monoisotopic (exact) mass is 239 g/mol. The number of nitrogens with one attached hydrogen (secondary N) is 1. The smallest absolute Gasteiger partial charge is 0.332 e. The number of carbonyl (C=O) groups excluding carboxylic acids is 1. The van der Waals surface area contributed by atoms with Crippen molar-refractivity contribution in [1.82, 2.24) is 0 Å². The summed E-state index contributed by atoms with van der Waals surface area (Å²) < 4.78 is 4.56. The molecule has 1 aromatic rings. The van der Waals surface area contributed by atoms with Gasteiger partial charge in [-0.3, -0.25) is 0 Å². The SMILES string of the molecule is CC/C(=C\C(=O)OC)Nc1ccc(Cl)cc1. The molecular formula is C12H14ClNO2. The van der Waals surface area contributed by atoms with E-state index in [-0.39, 0.29) is 5.97 Å². The molecule has 16 heavy (non-hydrogen) atoms. The second-order valence-electron chi connectivity index (χ2n) is 3.18. The number of benzene rings is 1. The molecule has 0 bridgehead atoms. The van der Waals surface area contributed by atoms with Crippen LogP contribution in [0.1, 0.15) is 13.3 Å². The van der Waals surface area contributed by atoms with Crippen molar-refractivity contribution in [1.29, 1.82) is 0 Å². The van der Waals surface area contributed by atoms with Gasteiger partial charge in [-0.05, 0) is 30.7 Å². The van der Waals surface area contributed by atoms with E-state index < -0.39 is 0 Å². The highest BCUT2D eigenvalue weighted by Gasteiger charge is 2.00. The molecule has 4 heteroatoms. The summed E-state index contributed by atoms with van der Waals surface area (Å²) in [4.78, 5) is 11.1. The molecule has 0 radical (unpaired) electrons. The van der Waals surface area contributed by atoms with Gasteiger partial charge in [-0.15, -0.1) is 0 Å². The van der Waals surface area contributed by atoms with Crippen molar-refractivity contribution in [2.45, 2.75) is 13.3 Å². The predicted octanol–water partition coefficient (Wildman–Crippen LogP) is 3.22. The average Bonchev–Trinajstić information content (AvgIpc) is 2.30. The normalized spacial score (nSPS) is 11.1. The summed E-state index contributed by atoms with van der Waals surface area (Å²) in [6.07, 6.45) is 2.16. The summed E-state index contributed by atoms with van der Waals surface area (Å²) in [5.74, 6) is -0.363. The number of halogens is 1. The molecule has 0 unspecified atom stereocenters.